The SMILES string of the molecule is CC(=O)N1CCN(c2nc3c(s2)C[C@H](C(=O)Nc2ccccc2)CC3)CC1. The Hall–Kier alpha value is -2.41. The van der Waals surface area contributed by atoms with E-state index in [0.29, 0.717) is 0 Å². The minimum atomic E-state index is 0.000524. The van der Waals surface area contributed by atoms with Crippen molar-refractivity contribution in [2.45, 2.75) is 26.2 Å². The zero-order valence-corrected chi connectivity index (χ0v) is 16.3. The highest BCUT2D eigenvalue weighted by molar-refractivity contribution is 7.15. The van der Waals surface area contributed by atoms with Crippen LogP contribution in [-0.2, 0) is 22.4 Å². The Morgan fingerprint density at radius 1 is 1.15 bits per heavy atom. The molecule has 4 rings (SSSR count). The van der Waals surface area contributed by atoms with Gasteiger partial charge in [0.2, 0.25) is 11.8 Å². The normalized spacial score (nSPS) is 19.5. The number of para-hydroxylation sites is 1. The van der Waals surface area contributed by atoms with Gasteiger partial charge in [0.1, 0.15) is 0 Å². The summed E-state index contributed by atoms with van der Waals surface area (Å²) < 4.78 is 0. The summed E-state index contributed by atoms with van der Waals surface area (Å²) in [6.45, 7) is 4.77. The topological polar surface area (TPSA) is 65.5 Å². The van der Waals surface area contributed by atoms with Crippen molar-refractivity contribution in [2.24, 2.45) is 5.92 Å². The molecule has 1 N–H and O–H groups in total. The summed E-state index contributed by atoms with van der Waals surface area (Å²) in [6, 6.07) is 9.62. The van der Waals surface area contributed by atoms with Gasteiger partial charge in [0, 0.05) is 49.6 Å². The smallest absolute Gasteiger partial charge is 0.227 e. The Labute approximate surface area is 163 Å². The van der Waals surface area contributed by atoms with Gasteiger partial charge in [-0.25, -0.2) is 4.98 Å². The molecule has 2 aliphatic rings. The zero-order valence-electron chi connectivity index (χ0n) is 15.5. The molecule has 0 spiro atoms. The molecule has 0 unspecified atom stereocenters. The largest absolute Gasteiger partial charge is 0.345 e. The first-order valence-electron chi connectivity index (χ1n) is 9.45. The Morgan fingerprint density at radius 3 is 2.59 bits per heavy atom. The fraction of sp³-hybridized carbons (Fsp3) is 0.450. The highest BCUT2D eigenvalue weighted by atomic mass is 32.1. The van der Waals surface area contributed by atoms with Gasteiger partial charge in [0.05, 0.1) is 5.69 Å². The molecule has 2 aromatic rings. The van der Waals surface area contributed by atoms with E-state index in [0.717, 1.165) is 62.0 Å². The summed E-state index contributed by atoms with van der Waals surface area (Å²) in [5.41, 5.74) is 1.99. The van der Waals surface area contributed by atoms with E-state index >= 15 is 0 Å². The molecule has 1 saturated heterocycles. The predicted molar refractivity (Wildman–Crippen MR) is 107 cm³/mol. The maximum absolute atomic E-state index is 12.6. The van der Waals surface area contributed by atoms with Crippen LogP contribution in [0.15, 0.2) is 30.3 Å². The molecule has 142 valence electrons. The number of amides is 2. The average molecular weight is 385 g/mol. The molecule has 1 fully saturated rings. The van der Waals surface area contributed by atoms with E-state index in [4.69, 9.17) is 4.98 Å². The molecule has 6 nitrogen and oxygen atoms in total. The highest BCUT2D eigenvalue weighted by Crippen LogP contribution is 2.34. The molecule has 1 atom stereocenters. The van der Waals surface area contributed by atoms with E-state index in [1.165, 1.54) is 4.88 Å². The molecule has 27 heavy (non-hydrogen) atoms. The second-order valence-electron chi connectivity index (χ2n) is 7.15. The van der Waals surface area contributed by atoms with Crippen LogP contribution >= 0.6 is 11.3 Å². The van der Waals surface area contributed by atoms with E-state index in [1.54, 1.807) is 18.3 Å². The number of anilines is 2. The first kappa shape index (κ1) is 18.0. The number of carbonyl (C=O) groups is 2. The van der Waals surface area contributed by atoms with Crippen molar-refractivity contribution in [3.63, 3.8) is 0 Å². The van der Waals surface area contributed by atoms with Crippen LogP contribution in [0.1, 0.15) is 23.9 Å². The minimum Gasteiger partial charge on any atom is -0.345 e. The van der Waals surface area contributed by atoms with Crippen molar-refractivity contribution >= 4 is 34.0 Å². The number of aryl methyl sites for hydroxylation is 1. The number of aromatic nitrogens is 1. The summed E-state index contributed by atoms with van der Waals surface area (Å²) in [6.07, 6.45) is 2.46. The van der Waals surface area contributed by atoms with Crippen LogP contribution in [-0.4, -0.2) is 47.9 Å². The molecule has 1 aromatic carbocycles. The number of hydrogen-bond acceptors (Lipinski definition) is 5. The van der Waals surface area contributed by atoms with E-state index in [9.17, 15) is 9.59 Å². The molecule has 2 heterocycles. The van der Waals surface area contributed by atoms with E-state index < -0.39 is 0 Å². The standard InChI is InChI=1S/C20H24N4O2S/c1-14(25)23-9-11-24(12-10-23)20-22-17-8-7-15(13-18(17)27-20)19(26)21-16-5-3-2-4-6-16/h2-6,15H,7-13H2,1H3,(H,21,26)/t15-/m1/s1. The molecular formula is C20H24N4O2S. The van der Waals surface area contributed by atoms with Crippen LogP contribution in [0.25, 0.3) is 0 Å². The molecule has 1 aliphatic heterocycles. The molecule has 1 aliphatic carbocycles. The second-order valence-corrected chi connectivity index (χ2v) is 8.22. The van der Waals surface area contributed by atoms with E-state index in [-0.39, 0.29) is 17.7 Å². The first-order valence-corrected chi connectivity index (χ1v) is 10.3. The first-order chi connectivity index (χ1) is 13.1. The second kappa shape index (κ2) is 7.68. The number of fused-ring (bicyclic) bond motifs is 1. The molecule has 0 bridgehead atoms. The highest BCUT2D eigenvalue weighted by Gasteiger charge is 2.29. The number of piperazine rings is 1. The molecule has 0 saturated carbocycles. The summed E-state index contributed by atoms with van der Waals surface area (Å²) in [7, 11) is 0. The van der Waals surface area contributed by atoms with Gasteiger partial charge in [-0.15, -0.1) is 11.3 Å². The van der Waals surface area contributed by atoms with Gasteiger partial charge >= 0.3 is 0 Å². The fourth-order valence-electron chi connectivity index (χ4n) is 3.70. The van der Waals surface area contributed by atoms with Gasteiger partial charge in [-0.3, -0.25) is 9.59 Å². The monoisotopic (exact) mass is 384 g/mol. The molecule has 1 aromatic heterocycles. The lowest BCUT2D eigenvalue weighted by molar-refractivity contribution is -0.129. The number of benzene rings is 1. The summed E-state index contributed by atoms with van der Waals surface area (Å²) >= 11 is 1.71. The van der Waals surface area contributed by atoms with Gasteiger partial charge in [0.25, 0.3) is 0 Å². The lowest BCUT2D eigenvalue weighted by Crippen LogP contribution is -2.48. The Bertz CT molecular complexity index is 828. The van der Waals surface area contributed by atoms with Crippen LogP contribution in [0, 0.1) is 5.92 Å². The summed E-state index contributed by atoms with van der Waals surface area (Å²) in [5, 5.41) is 4.06. The van der Waals surface area contributed by atoms with Gasteiger partial charge in [0.15, 0.2) is 5.13 Å². The number of nitrogens with zero attached hydrogens (tertiary/aromatic N) is 3. The molecule has 2 amide bonds. The predicted octanol–water partition coefficient (Wildman–Crippen LogP) is 2.56. The van der Waals surface area contributed by atoms with Crippen LogP contribution in [0.2, 0.25) is 0 Å². The maximum atomic E-state index is 12.6. The van der Waals surface area contributed by atoms with Gasteiger partial charge in [-0.2, -0.15) is 0 Å². The summed E-state index contributed by atoms with van der Waals surface area (Å²) in [4.78, 5) is 34.3. The van der Waals surface area contributed by atoms with Crippen LogP contribution in [0.5, 0.6) is 0 Å². The van der Waals surface area contributed by atoms with Crippen molar-refractivity contribution in [2.75, 3.05) is 36.4 Å². The van der Waals surface area contributed by atoms with Gasteiger partial charge in [-0.1, -0.05) is 18.2 Å². The Morgan fingerprint density at radius 2 is 1.89 bits per heavy atom. The van der Waals surface area contributed by atoms with E-state index in [2.05, 4.69) is 10.2 Å². The minimum absolute atomic E-state index is 0.000524. The number of rotatable bonds is 3. The lowest BCUT2D eigenvalue weighted by atomic mass is 9.90. The maximum Gasteiger partial charge on any atom is 0.227 e. The fourth-order valence-corrected chi connectivity index (χ4v) is 4.94. The third-order valence-electron chi connectivity index (χ3n) is 5.34. The Kier molecular flexibility index (Phi) is 5.11. The number of thiazole rings is 1. The number of nitrogens with one attached hydrogen (secondary N) is 1. The van der Waals surface area contributed by atoms with Crippen molar-refractivity contribution in [3.05, 3.63) is 40.9 Å². The molecule has 7 heteroatoms. The zero-order chi connectivity index (χ0) is 18.8. The van der Waals surface area contributed by atoms with Crippen molar-refractivity contribution < 1.29 is 9.59 Å². The number of carbonyl (C=O) groups excluding carboxylic acids is 2. The third-order valence-corrected chi connectivity index (χ3v) is 6.52. The molecule has 0 radical (unpaired) electrons. The van der Waals surface area contributed by atoms with Crippen LogP contribution in [0.3, 0.4) is 0 Å². The average Bonchev–Trinajstić information content (AvgIpc) is 3.12. The lowest BCUT2D eigenvalue weighted by Gasteiger charge is -2.33. The quantitative estimate of drug-likeness (QED) is 0.883. The van der Waals surface area contributed by atoms with Gasteiger partial charge < -0.3 is 15.1 Å². The molecular weight excluding hydrogens is 360 g/mol. The van der Waals surface area contributed by atoms with Crippen molar-refractivity contribution in [3.8, 4) is 0 Å². The number of hydrogen-bond donors (Lipinski definition) is 1. The Balaban J connectivity index is 1.39. The van der Waals surface area contributed by atoms with Crippen molar-refractivity contribution in [1.29, 1.82) is 0 Å². The van der Waals surface area contributed by atoms with Crippen molar-refractivity contribution in [1.82, 2.24) is 9.88 Å². The van der Waals surface area contributed by atoms with Gasteiger partial charge in [-0.05, 0) is 31.4 Å². The van der Waals surface area contributed by atoms with Crippen LogP contribution in [0.4, 0.5) is 10.8 Å². The van der Waals surface area contributed by atoms with Crippen LogP contribution < -0.4 is 10.2 Å². The third kappa shape index (κ3) is 3.98. The van der Waals surface area contributed by atoms with E-state index in [1.807, 2.05) is 35.2 Å². The summed E-state index contributed by atoms with van der Waals surface area (Å²) in [5.74, 6) is 0.234.